The molecule has 0 aliphatic carbocycles. The van der Waals surface area contributed by atoms with Gasteiger partial charge < -0.3 is 15.1 Å². The van der Waals surface area contributed by atoms with Crippen molar-refractivity contribution in [2.24, 2.45) is 0 Å². The number of benzene rings is 3. The van der Waals surface area contributed by atoms with E-state index < -0.39 is 0 Å². The third-order valence-electron chi connectivity index (χ3n) is 5.97. The van der Waals surface area contributed by atoms with E-state index in [4.69, 9.17) is 11.6 Å². The Hall–Kier alpha value is -3.31. The van der Waals surface area contributed by atoms with Crippen molar-refractivity contribution in [2.45, 2.75) is 19.8 Å². The van der Waals surface area contributed by atoms with Gasteiger partial charge in [0.2, 0.25) is 0 Å². The highest BCUT2D eigenvalue weighted by molar-refractivity contribution is 6.33. The molecule has 1 saturated heterocycles. The van der Waals surface area contributed by atoms with E-state index in [-0.39, 0.29) is 11.8 Å². The highest BCUT2D eigenvalue weighted by atomic mass is 35.5. The zero-order valence-corrected chi connectivity index (χ0v) is 19.7. The fraction of sp³-hybridized carbons (Fsp3) is 0.259. The van der Waals surface area contributed by atoms with E-state index in [1.807, 2.05) is 71.6 Å². The lowest BCUT2D eigenvalue weighted by Gasteiger charge is -2.36. The van der Waals surface area contributed by atoms with Gasteiger partial charge in [0.1, 0.15) is 0 Å². The summed E-state index contributed by atoms with van der Waals surface area (Å²) in [4.78, 5) is 29.3. The molecule has 1 N–H and O–H groups in total. The maximum absolute atomic E-state index is 12.7. The van der Waals surface area contributed by atoms with Crippen LogP contribution in [0.4, 0.5) is 11.4 Å². The summed E-state index contributed by atoms with van der Waals surface area (Å²) in [6.45, 7) is 6.92. The number of nitrogens with zero attached hydrogens (tertiary/aromatic N) is 2. The SMILES string of the molecule is CC(C)c1ccc(C(=O)Nc2ccc(N3CCN(C(=O)c4ccccc4)CC3)c(Cl)c2)cc1. The molecule has 4 rings (SSSR count). The number of nitrogens with one attached hydrogen (secondary N) is 1. The highest BCUT2D eigenvalue weighted by Gasteiger charge is 2.23. The van der Waals surface area contributed by atoms with Gasteiger partial charge in [-0.05, 0) is 53.9 Å². The molecule has 0 aromatic heterocycles. The largest absolute Gasteiger partial charge is 0.367 e. The second-order valence-electron chi connectivity index (χ2n) is 8.54. The third kappa shape index (κ3) is 5.37. The second-order valence-corrected chi connectivity index (χ2v) is 8.95. The van der Waals surface area contributed by atoms with Crippen LogP contribution in [0.3, 0.4) is 0 Å². The van der Waals surface area contributed by atoms with E-state index in [0.29, 0.717) is 53.9 Å². The lowest BCUT2D eigenvalue weighted by molar-refractivity contribution is 0.0746. The molecule has 0 spiro atoms. The first kappa shape index (κ1) is 22.9. The Balaban J connectivity index is 1.37. The first-order valence-corrected chi connectivity index (χ1v) is 11.6. The molecule has 3 aromatic carbocycles. The second kappa shape index (κ2) is 10.1. The smallest absolute Gasteiger partial charge is 0.255 e. The van der Waals surface area contributed by atoms with Crippen LogP contribution in [-0.2, 0) is 0 Å². The van der Waals surface area contributed by atoms with Gasteiger partial charge in [-0.15, -0.1) is 0 Å². The fourth-order valence-electron chi connectivity index (χ4n) is 3.98. The van der Waals surface area contributed by atoms with Gasteiger partial charge in [-0.1, -0.05) is 55.8 Å². The Labute approximate surface area is 200 Å². The number of anilines is 2. The number of piperazine rings is 1. The van der Waals surface area contributed by atoms with Gasteiger partial charge in [0.05, 0.1) is 10.7 Å². The molecule has 6 heteroatoms. The first-order valence-electron chi connectivity index (χ1n) is 11.2. The predicted octanol–water partition coefficient (Wildman–Crippen LogP) is 5.68. The van der Waals surface area contributed by atoms with Gasteiger partial charge in [-0.25, -0.2) is 0 Å². The van der Waals surface area contributed by atoms with Gasteiger partial charge in [0.15, 0.2) is 0 Å². The summed E-state index contributed by atoms with van der Waals surface area (Å²) in [6, 6.07) is 22.6. The maximum Gasteiger partial charge on any atom is 0.255 e. The molecule has 1 aliphatic heterocycles. The van der Waals surface area contributed by atoms with Crippen molar-refractivity contribution in [3.05, 3.63) is 94.5 Å². The molecule has 0 bridgehead atoms. The van der Waals surface area contributed by atoms with E-state index in [1.165, 1.54) is 5.56 Å². The molecule has 0 atom stereocenters. The van der Waals surface area contributed by atoms with Crippen LogP contribution in [0.2, 0.25) is 5.02 Å². The van der Waals surface area contributed by atoms with Crippen LogP contribution in [0.15, 0.2) is 72.8 Å². The lowest BCUT2D eigenvalue weighted by atomic mass is 10.0. The molecule has 1 aliphatic rings. The molecule has 1 heterocycles. The summed E-state index contributed by atoms with van der Waals surface area (Å²) >= 11 is 6.57. The van der Waals surface area contributed by atoms with Crippen molar-refractivity contribution in [2.75, 3.05) is 36.4 Å². The van der Waals surface area contributed by atoms with Crippen LogP contribution >= 0.6 is 11.6 Å². The molecule has 3 aromatic rings. The summed E-state index contributed by atoms with van der Waals surface area (Å²) in [5.74, 6) is 0.315. The summed E-state index contributed by atoms with van der Waals surface area (Å²) in [6.07, 6.45) is 0. The van der Waals surface area contributed by atoms with Crippen LogP contribution < -0.4 is 10.2 Å². The fourth-order valence-corrected chi connectivity index (χ4v) is 4.28. The summed E-state index contributed by atoms with van der Waals surface area (Å²) in [5.41, 5.74) is 4.08. The summed E-state index contributed by atoms with van der Waals surface area (Å²) < 4.78 is 0. The topological polar surface area (TPSA) is 52.7 Å². The van der Waals surface area contributed by atoms with Gasteiger partial charge in [0, 0.05) is 43.0 Å². The van der Waals surface area contributed by atoms with Gasteiger partial charge >= 0.3 is 0 Å². The molecule has 2 amide bonds. The maximum atomic E-state index is 12.7. The molecule has 0 saturated carbocycles. The average molecular weight is 462 g/mol. The Morgan fingerprint density at radius 1 is 0.848 bits per heavy atom. The third-order valence-corrected chi connectivity index (χ3v) is 6.28. The molecule has 0 unspecified atom stereocenters. The summed E-state index contributed by atoms with van der Waals surface area (Å²) in [5, 5.41) is 3.50. The van der Waals surface area contributed by atoms with E-state index in [2.05, 4.69) is 24.1 Å². The zero-order valence-electron chi connectivity index (χ0n) is 18.9. The standard InChI is InChI=1S/C27H28ClN3O2/c1-19(2)20-8-10-21(11-9-20)26(32)29-23-12-13-25(24(28)18-23)30-14-16-31(17-15-30)27(33)22-6-4-3-5-7-22/h3-13,18-19H,14-17H2,1-2H3,(H,29,32). The average Bonchev–Trinajstić information content (AvgIpc) is 2.84. The van der Waals surface area contributed by atoms with Gasteiger partial charge in [-0.3, -0.25) is 9.59 Å². The lowest BCUT2D eigenvalue weighted by Crippen LogP contribution is -2.48. The van der Waals surface area contributed by atoms with Crippen LogP contribution in [0.1, 0.15) is 46.0 Å². The number of carbonyl (C=O) groups is 2. The monoisotopic (exact) mass is 461 g/mol. The zero-order chi connectivity index (χ0) is 23.4. The number of hydrogen-bond donors (Lipinski definition) is 1. The van der Waals surface area contributed by atoms with Crippen molar-refractivity contribution in [1.29, 1.82) is 0 Å². The number of carbonyl (C=O) groups excluding carboxylic acids is 2. The Bertz CT molecular complexity index is 1120. The quantitative estimate of drug-likeness (QED) is 0.532. The Morgan fingerprint density at radius 3 is 2.12 bits per heavy atom. The first-order chi connectivity index (χ1) is 15.9. The number of amides is 2. The molecule has 33 heavy (non-hydrogen) atoms. The molecular weight excluding hydrogens is 434 g/mol. The minimum absolute atomic E-state index is 0.0563. The highest BCUT2D eigenvalue weighted by Crippen LogP contribution is 2.30. The molecule has 1 fully saturated rings. The van der Waals surface area contributed by atoms with Crippen LogP contribution in [0.5, 0.6) is 0 Å². The van der Waals surface area contributed by atoms with Crippen LogP contribution in [0.25, 0.3) is 0 Å². The molecule has 5 nitrogen and oxygen atoms in total. The Morgan fingerprint density at radius 2 is 1.52 bits per heavy atom. The minimum Gasteiger partial charge on any atom is -0.367 e. The molecular formula is C27H28ClN3O2. The number of rotatable bonds is 5. The van der Waals surface area contributed by atoms with Crippen molar-refractivity contribution in [3.8, 4) is 0 Å². The van der Waals surface area contributed by atoms with Crippen LogP contribution in [0, 0.1) is 0 Å². The van der Waals surface area contributed by atoms with Crippen LogP contribution in [-0.4, -0.2) is 42.9 Å². The molecule has 170 valence electrons. The van der Waals surface area contributed by atoms with Gasteiger partial charge in [0.25, 0.3) is 11.8 Å². The van der Waals surface area contributed by atoms with E-state index in [9.17, 15) is 9.59 Å². The summed E-state index contributed by atoms with van der Waals surface area (Å²) in [7, 11) is 0. The van der Waals surface area contributed by atoms with Gasteiger partial charge in [-0.2, -0.15) is 0 Å². The van der Waals surface area contributed by atoms with E-state index >= 15 is 0 Å². The predicted molar refractivity (Wildman–Crippen MR) is 134 cm³/mol. The van der Waals surface area contributed by atoms with Crippen molar-refractivity contribution < 1.29 is 9.59 Å². The van der Waals surface area contributed by atoms with Crippen molar-refractivity contribution >= 4 is 34.8 Å². The Kier molecular flexibility index (Phi) is 6.99. The number of halogens is 1. The van der Waals surface area contributed by atoms with Crippen molar-refractivity contribution in [3.63, 3.8) is 0 Å². The normalized spacial score (nSPS) is 13.8. The molecule has 0 radical (unpaired) electrons. The van der Waals surface area contributed by atoms with E-state index in [1.54, 1.807) is 6.07 Å². The minimum atomic E-state index is -0.165. The number of hydrogen-bond acceptors (Lipinski definition) is 3. The van der Waals surface area contributed by atoms with E-state index in [0.717, 1.165) is 5.69 Å². The van der Waals surface area contributed by atoms with Crippen molar-refractivity contribution in [1.82, 2.24) is 4.90 Å².